The van der Waals surface area contributed by atoms with Gasteiger partial charge >= 0.3 is 0 Å². The summed E-state index contributed by atoms with van der Waals surface area (Å²) < 4.78 is 1.96. The molecule has 5 heteroatoms. The number of imidazole rings is 1. The minimum Gasteiger partial charge on any atom is -0.396 e. The van der Waals surface area contributed by atoms with Crippen LogP contribution < -0.4 is 10.6 Å². The van der Waals surface area contributed by atoms with Crippen LogP contribution in [0.2, 0.25) is 0 Å². The normalized spacial score (nSPS) is 15.9. The fourth-order valence-corrected chi connectivity index (χ4v) is 2.45. The van der Waals surface area contributed by atoms with Crippen LogP contribution >= 0.6 is 0 Å². The van der Waals surface area contributed by atoms with E-state index in [0.717, 1.165) is 35.7 Å². The van der Waals surface area contributed by atoms with Crippen LogP contribution in [0.3, 0.4) is 0 Å². The van der Waals surface area contributed by atoms with Crippen molar-refractivity contribution in [2.45, 2.75) is 26.7 Å². The van der Waals surface area contributed by atoms with Crippen LogP contribution in [0.25, 0.3) is 5.65 Å². The van der Waals surface area contributed by atoms with Gasteiger partial charge in [0.2, 0.25) is 5.91 Å². The summed E-state index contributed by atoms with van der Waals surface area (Å²) >= 11 is 0. The summed E-state index contributed by atoms with van der Waals surface area (Å²) in [6, 6.07) is 1.84. The van der Waals surface area contributed by atoms with Crippen LogP contribution in [0, 0.1) is 13.8 Å². The summed E-state index contributed by atoms with van der Waals surface area (Å²) in [6.45, 7) is 4.74. The summed E-state index contributed by atoms with van der Waals surface area (Å²) in [6.07, 6.45) is 3.49. The zero-order valence-corrected chi connectivity index (χ0v) is 10.6. The Kier molecular flexibility index (Phi) is 2.29. The Labute approximate surface area is 105 Å². The van der Waals surface area contributed by atoms with E-state index in [1.165, 1.54) is 0 Å². The molecule has 3 heterocycles. The smallest absolute Gasteiger partial charge is 0.227 e. The number of nitrogens with zero attached hydrogens (tertiary/aromatic N) is 3. The number of nitrogens with two attached hydrogens (primary N) is 1. The maximum atomic E-state index is 11.8. The number of carbonyl (C=O) groups is 1. The Bertz CT molecular complexity index is 644. The Balaban J connectivity index is 2.20. The summed E-state index contributed by atoms with van der Waals surface area (Å²) in [5, 5.41) is 0. The summed E-state index contributed by atoms with van der Waals surface area (Å²) in [5.41, 5.74) is 10.3. The quantitative estimate of drug-likeness (QED) is 0.829. The van der Waals surface area contributed by atoms with Crippen LogP contribution in [0.4, 0.5) is 11.4 Å². The largest absolute Gasteiger partial charge is 0.396 e. The predicted molar refractivity (Wildman–Crippen MR) is 70.7 cm³/mol. The molecule has 2 aromatic heterocycles. The highest BCUT2D eigenvalue weighted by atomic mass is 16.2. The van der Waals surface area contributed by atoms with Crippen molar-refractivity contribution >= 4 is 22.9 Å². The van der Waals surface area contributed by atoms with Crippen molar-refractivity contribution in [2.75, 3.05) is 17.2 Å². The number of aryl methyl sites for hydroxylation is 2. The maximum absolute atomic E-state index is 11.8. The van der Waals surface area contributed by atoms with Crippen LogP contribution in [-0.2, 0) is 4.79 Å². The predicted octanol–water partition coefficient (Wildman–Crippen LogP) is 1.66. The molecule has 1 aliphatic heterocycles. The van der Waals surface area contributed by atoms with Gasteiger partial charge in [0.25, 0.3) is 0 Å². The second-order valence-electron chi connectivity index (χ2n) is 4.78. The summed E-state index contributed by atoms with van der Waals surface area (Å²) in [7, 11) is 0. The molecule has 2 aromatic rings. The van der Waals surface area contributed by atoms with Gasteiger partial charge in [-0.3, -0.25) is 4.79 Å². The van der Waals surface area contributed by atoms with E-state index in [-0.39, 0.29) is 5.91 Å². The molecule has 18 heavy (non-hydrogen) atoms. The minimum absolute atomic E-state index is 0.170. The molecule has 0 bridgehead atoms. The third-order valence-corrected chi connectivity index (χ3v) is 3.59. The molecule has 1 saturated heterocycles. The Morgan fingerprint density at radius 2 is 2.17 bits per heavy atom. The average molecular weight is 244 g/mol. The first-order chi connectivity index (χ1) is 8.58. The molecule has 3 rings (SSSR count). The van der Waals surface area contributed by atoms with Crippen molar-refractivity contribution in [3.8, 4) is 0 Å². The van der Waals surface area contributed by atoms with Crippen molar-refractivity contribution in [3.05, 3.63) is 23.7 Å². The number of hydrogen-bond donors (Lipinski definition) is 1. The van der Waals surface area contributed by atoms with Gasteiger partial charge in [-0.2, -0.15) is 0 Å². The molecule has 0 unspecified atom stereocenters. The van der Waals surface area contributed by atoms with Gasteiger partial charge in [0.15, 0.2) is 5.65 Å². The van der Waals surface area contributed by atoms with Gasteiger partial charge in [0.05, 0.1) is 17.1 Å². The van der Waals surface area contributed by atoms with Gasteiger partial charge < -0.3 is 15.0 Å². The third-order valence-electron chi connectivity index (χ3n) is 3.59. The molecular weight excluding hydrogens is 228 g/mol. The molecule has 0 spiro atoms. The van der Waals surface area contributed by atoms with Gasteiger partial charge in [-0.05, 0) is 26.3 Å². The topological polar surface area (TPSA) is 63.6 Å². The van der Waals surface area contributed by atoms with Crippen LogP contribution in [-0.4, -0.2) is 21.8 Å². The van der Waals surface area contributed by atoms with Gasteiger partial charge in [-0.25, -0.2) is 4.98 Å². The number of rotatable bonds is 1. The fraction of sp³-hybridized carbons (Fsp3) is 0.385. The van der Waals surface area contributed by atoms with E-state index in [4.69, 9.17) is 5.73 Å². The molecule has 0 aliphatic carbocycles. The molecule has 0 atom stereocenters. The molecule has 1 amide bonds. The van der Waals surface area contributed by atoms with Crippen molar-refractivity contribution in [1.29, 1.82) is 0 Å². The van der Waals surface area contributed by atoms with E-state index in [2.05, 4.69) is 4.98 Å². The van der Waals surface area contributed by atoms with Crippen molar-refractivity contribution in [3.63, 3.8) is 0 Å². The Hall–Kier alpha value is -2.04. The number of fused-ring (bicyclic) bond motifs is 1. The standard InChI is InChI=1S/C13H16N4O/c1-8-9(2)17-7-10(6-11(14)13(17)15-8)16-5-3-4-12(16)18/h6-7H,3-5,14H2,1-2H3. The highest BCUT2D eigenvalue weighted by molar-refractivity contribution is 5.96. The number of anilines is 2. The highest BCUT2D eigenvalue weighted by Crippen LogP contribution is 2.27. The maximum Gasteiger partial charge on any atom is 0.227 e. The first-order valence-electron chi connectivity index (χ1n) is 6.13. The highest BCUT2D eigenvalue weighted by Gasteiger charge is 2.23. The number of pyridine rings is 1. The molecule has 0 saturated carbocycles. The molecule has 0 radical (unpaired) electrons. The minimum atomic E-state index is 0.170. The second kappa shape index (κ2) is 3.73. The number of amides is 1. The van der Waals surface area contributed by atoms with Gasteiger partial charge in [0, 0.05) is 24.9 Å². The lowest BCUT2D eigenvalue weighted by molar-refractivity contribution is -0.117. The van der Waals surface area contributed by atoms with Crippen LogP contribution in [0.5, 0.6) is 0 Å². The van der Waals surface area contributed by atoms with Crippen LogP contribution in [0.15, 0.2) is 12.3 Å². The molecule has 1 fully saturated rings. The lowest BCUT2D eigenvalue weighted by Gasteiger charge is -2.16. The van der Waals surface area contributed by atoms with Gasteiger partial charge in [-0.15, -0.1) is 0 Å². The number of hydrogen-bond acceptors (Lipinski definition) is 3. The number of nitrogen functional groups attached to an aromatic ring is 1. The zero-order chi connectivity index (χ0) is 12.9. The number of aromatic nitrogens is 2. The summed E-state index contributed by atoms with van der Waals surface area (Å²) in [4.78, 5) is 18.0. The Morgan fingerprint density at radius 1 is 1.39 bits per heavy atom. The summed E-state index contributed by atoms with van der Waals surface area (Å²) in [5.74, 6) is 0.170. The van der Waals surface area contributed by atoms with E-state index in [1.54, 1.807) is 4.90 Å². The monoisotopic (exact) mass is 244 g/mol. The van der Waals surface area contributed by atoms with Crippen LogP contribution in [0.1, 0.15) is 24.2 Å². The first kappa shape index (κ1) is 11.1. The molecular formula is C13H16N4O. The zero-order valence-electron chi connectivity index (χ0n) is 10.6. The van der Waals surface area contributed by atoms with Crippen molar-refractivity contribution in [2.24, 2.45) is 0 Å². The molecule has 5 nitrogen and oxygen atoms in total. The average Bonchev–Trinajstić information content (AvgIpc) is 2.87. The second-order valence-corrected chi connectivity index (χ2v) is 4.78. The molecule has 0 aromatic carbocycles. The lowest BCUT2D eigenvalue weighted by atomic mass is 10.3. The van der Waals surface area contributed by atoms with Crippen molar-refractivity contribution in [1.82, 2.24) is 9.38 Å². The van der Waals surface area contributed by atoms with E-state index in [1.807, 2.05) is 30.5 Å². The first-order valence-corrected chi connectivity index (χ1v) is 6.13. The van der Waals surface area contributed by atoms with E-state index >= 15 is 0 Å². The van der Waals surface area contributed by atoms with Crippen molar-refractivity contribution < 1.29 is 4.79 Å². The van der Waals surface area contributed by atoms with E-state index in [0.29, 0.717) is 12.1 Å². The van der Waals surface area contributed by atoms with E-state index < -0.39 is 0 Å². The lowest BCUT2D eigenvalue weighted by Crippen LogP contribution is -2.24. The fourth-order valence-electron chi connectivity index (χ4n) is 2.45. The SMILES string of the molecule is Cc1nc2c(N)cc(N3CCCC3=O)cn2c1C. The molecule has 2 N–H and O–H groups in total. The van der Waals surface area contributed by atoms with Gasteiger partial charge in [0.1, 0.15) is 0 Å². The number of carbonyl (C=O) groups excluding carboxylic acids is 1. The molecule has 1 aliphatic rings. The third kappa shape index (κ3) is 1.47. The molecule has 94 valence electrons. The Morgan fingerprint density at radius 3 is 2.83 bits per heavy atom. The van der Waals surface area contributed by atoms with E-state index in [9.17, 15) is 4.79 Å². The van der Waals surface area contributed by atoms with Gasteiger partial charge in [-0.1, -0.05) is 0 Å².